The Bertz CT molecular complexity index is 460. The highest BCUT2D eigenvalue weighted by molar-refractivity contribution is 5.87. The van der Waals surface area contributed by atoms with Crippen LogP contribution in [0.4, 0.5) is 0 Å². The Hall–Kier alpha value is -1.88. The highest BCUT2D eigenvalue weighted by Crippen LogP contribution is 2.12. The first-order valence-corrected chi connectivity index (χ1v) is 7.22. The smallest absolute Gasteiger partial charge is 0.246 e. The molecule has 0 heterocycles. The Balaban J connectivity index is 2.77. The van der Waals surface area contributed by atoms with E-state index in [0.29, 0.717) is 17.4 Å². The zero-order chi connectivity index (χ0) is 15.8. The molecule has 116 valence electrons. The van der Waals surface area contributed by atoms with Crippen molar-refractivity contribution in [2.45, 2.75) is 39.2 Å². The largest absolute Gasteiger partial charge is 0.357 e. The molecule has 0 unspecified atom stereocenters. The first-order chi connectivity index (χ1) is 9.95. The number of benzene rings is 1. The molecule has 5 heteroatoms. The van der Waals surface area contributed by atoms with E-state index in [2.05, 4.69) is 5.32 Å². The minimum Gasteiger partial charge on any atom is -0.357 e. The molecule has 0 saturated carbocycles. The van der Waals surface area contributed by atoms with Gasteiger partial charge in [0.1, 0.15) is 6.04 Å². The van der Waals surface area contributed by atoms with Crippen LogP contribution < -0.4 is 5.32 Å². The van der Waals surface area contributed by atoms with Crippen LogP contribution in [-0.2, 0) is 16.0 Å². The van der Waals surface area contributed by atoms with E-state index in [1.165, 1.54) is 7.05 Å². The van der Waals surface area contributed by atoms with Crippen molar-refractivity contribution < 1.29 is 14.8 Å². The second-order valence-electron chi connectivity index (χ2n) is 5.49. The molecule has 1 atom stereocenters. The Morgan fingerprint density at radius 2 is 1.86 bits per heavy atom. The first kappa shape index (κ1) is 17.2. The maximum Gasteiger partial charge on any atom is 0.246 e. The molecule has 0 aromatic heterocycles. The maximum atomic E-state index is 12.0. The number of hydroxylamine groups is 2. The van der Waals surface area contributed by atoms with Gasteiger partial charge in [-0.1, -0.05) is 44.2 Å². The summed E-state index contributed by atoms with van der Waals surface area (Å²) in [5, 5.41) is 13.1. The third-order valence-electron chi connectivity index (χ3n) is 3.31. The molecule has 0 fully saturated rings. The highest BCUT2D eigenvalue weighted by atomic mass is 16.5. The van der Waals surface area contributed by atoms with E-state index in [4.69, 9.17) is 0 Å². The van der Waals surface area contributed by atoms with Gasteiger partial charge in [0, 0.05) is 19.9 Å². The Kier molecular flexibility index (Phi) is 6.88. The summed E-state index contributed by atoms with van der Waals surface area (Å²) in [6.45, 7) is 4.02. The van der Waals surface area contributed by atoms with Crippen molar-refractivity contribution in [2.24, 2.45) is 5.92 Å². The van der Waals surface area contributed by atoms with Crippen molar-refractivity contribution in [3.05, 3.63) is 35.9 Å². The summed E-state index contributed by atoms with van der Waals surface area (Å²) in [5.41, 5.74) is 0.891. The van der Waals surface area contributed by atoms with Crippen LogP contribution in [0, 0.1) is 5.92 Å². The lowest BCUT2D eigenvalue weighted by Gasteiger charge is -2.25. The molecule has 21 heavy (non-hydrogen) atoms. The van der Waals surface area contributed by atoms with E-state index in [1.54, 1.807) is 0 Å². The molecule has 5 nitrogen and oxygen atoms in total. The second-order valence-corrected chi connectivity index (χ2v) is 5.49. The predicted molar refractivity (Wildman–Crippen MR) is 80.7 cm³/mol. The topological polar surface area (TPSA) is 69.6 Å². The van der Waals surface area contributed by atoms with Crippen molar-refractivity contribution >= 4 is 11.8 Å². The molecular weight excluding hydrogens is 268 g/mol. The number of nitrogens with one attached hydrogen (secondary N) is 1. The third kappa shape index (κ3) is 5.55. The van der Waals surface area contributed by atoms with Gasteiger partial charge in [0.15, 0.2) is 0 Å². The van der Waals surface area contributed by atoms with Gasteiger partial charge in [0.25, 0.3) is 0 Å². The minimum absolute atomic E-state index is 0.233. The second kappa shape index (κ2) is 8.42. The maximum absolute atomic E-state index is 12.0. The number of likely N-dealkylation sites (N-methyl/N-ethyl adjacent to an activating group) is 1. The van der Waals surface area contributed by atoms with Crippen LogP contribution in [0.3, 0.4) is 0 Å². The number of carbonyl (C=O) groups is 2. The van der Waals surface area contributed by atoms with Gasteiger partial charge in [-0.25, -0.2) is 5.06 Å². The molecular formula is C16H24N2O3. The normalized spacial score (nSPS) is 12.0. The number of nitrogens with zero attached hydrogens (tertiary/aromatic N) is 1. The van der Waals surface area contributed by atoms with Crippen LogP contribution in [0.25, 0.3) is 0 Å². The Labute approximate surface area is 125 Å². The number of rotatable bonds is 7. The van der Waals surface area contributed by atoms with Gasteiger partial charge in [-0.2, -0.15) is 0 Å². The van der Waals surface area contributed by atoms with E-state index in [1.807, 2.05) is 44.2 Å². The van der Waals surface area contributed by atoms with Gasteiger partial charge in [-0.3, -0.25) is 14.8 Å². The van der Waals surface area contributed by atoms with Gasteiger partial charge in [-0.15, -0.1) is 0 Å². The summed E-state index contributed by atoms with van der Waals surface area (Å²) >= 11 is 0. The molecule has 0 saturated heterocycles. The summed E-state index contributed by atoms with van der Waals surface area (Å²) in [4.78, 5) is 23.9. The molecule has 1 aromatic rings. The van der Waals surface area contributed by atoms with Crippen molar-refractivity contribution in [3.63, 3.8) is 0 Å². The fraction of sp³-hybridized carbons (Fsp3) is 0.500. The standard InChI is InChI=1S/C16H24N2O3/c1-12(2)9-10-15(19)18(21)14(16(20)17-3)11-13-7-5-4-6-8-13/h4-8,12,14,21H,9-11H2,1-3H3,(H,17,20)/t14-/m0/s1. The van der Waals surface area contributed by atoms with Crippen molar-refractivity contribution in [3.8, 4) is 0 Å². The van der Waals surface area contributed by atoms with E-state index in [9.17, 15) is 14.8 Å². The summed E-state index contributed by atoms with van der Waals surface area (Å²) in [5.74, 6) is -0.428. The summed E-state index contributed by atoms with van der Waals surface area (Å²) in [7, 11) is 1.49. The average molecular weight is 292 g/mol. The monoisotopic (exact) mass is 292 g/mol. The van der Waals surface area contributed by atoms with Crippen molar-refractivity contribution in [2.75, 3.05) is 7.05 Å². The molecule has 1 aromatic carbocycles. The quantitative estimate of drug-likeness (QED) is 0.596. The van der Waals surface area contributed by atoms with Crippen molar-refractivity contribution in [1.82, 2.24) is 10.4 Å². The van der Waals surface area contributed by atoms with Crippen molar-refractivity contribution in [1.29, 1.82) is 0 Å². The zero-order valence-electron chi connectivity index (χ0n) is 12.9. The van der Waals surface area contributed by atoms with Crippen LogP contribution in [0.1, 0.15) is 32.3 Å². The molecule has 2 N–H and O–H groups in total. The number of amides is 2. The van der Waals surface area contributed by atoms with Crippen LogP contribution in [0.5, 0.6) is 0 Å². The molecule has 0 aliphatic heterocycles. The molecule has 0 radical (unpaired) electrons. The number of hydrogen-bond acceptors (Lipinski definition) is 3. The van der Waals surface area contributed by atoms with Crippen LogP contribution in [-0.4, -0.2) is 35.2 Å². The molecule has 0 bridgehead atoms. The predicted octanol–water partition coefficient (Wildman–Crippen LogP) is 2.00. The SMILES string of the molecule is CNC(=O)[C@H](Cc1ccccc1)N(O)C(=O)CCC(C)C. The fourth-order valence-corrected chi connectivity index (χ4v) is 1.99. The molecule has 0 aliphatic carbocycles. The lowest BCUT2D eigenvalue weighted by atomic mass is 10.0. The van der Waals surface area contributed by atoms with E-state index < -0.39 is 11.9 Å². The van der Waals surface area contributed by atoms with Gasteiger partial charge >= 0.3 is 0 Å². The Morgan fingerprint density at radius 1 is 1.24 bits per heavy atom. The number of carbonyl (C=O) groups excluding carboxylic acids is 2. The third-order valence-corrected chi connectivity index (χ3v) is 3.31. The van der Waals surface area contributed by atoms with E-state index >= 15 is 0 Å². The first-order valence-electron chi connectivity index (χ1n) is 7.22. The molecule has 1 rings (SSSR count). The average Bonchev–Trinajstić information content (AvgIpc) is 2.49. The van der Waals surface area contributed by atoms with Gasteiger partial charge in [0.05, 0.1) is 0 Å². The van der Waals surface area contributed by atoms with Crippen LogP contribution >= 0.6 is 0 Å². The lowest BCUT2D eigenvalue weighted by Crippen LogP contribution is -2.48. The van der Waals surface area contributed by atoms with E-state index in [0.717, 1.165) is 5.56 Å². The summed E-state index contributed by atoms with van der Waals surface area (Å²) in [6, 6.07) is 8.42. The fourth-order valence-electron chi connectivity index (χ4n) is 1.99. The number of hydrogen-bond donors (Lipinski definition) is 2. The summed E-state index contributed by atoms with van der Waals surface area (Å²) in [6.07, 6.45) is 1.20. The highest BCUT2D eigenvalue weighted by Gasteiger charge is 2.28. The summed E-state index contributed by atoms with van der Waals surface area (Å²) < 4.78 is 0. The minimum atomic E-state index is -0.905. The molecule has 0 spiro atoms. The van der Waals surface area contributed by atoms with Gasteiger partial charge < -0.3 is 5.32 Å². The van der Waals surface area contributed by atoms with Gasteiger partial charge in [0.2, 0.25) is 11.8 Å². The zero-order valence-corrected chi connectivity index (χ0v) is 12.9. The Morgan fingerprint density at radius 3 is 2.38 bits per heavy atom. The van der Waals surface area contributed by atoms with Gasteiger partial charge in [-0.05, 0) is 17.9 Å². The molecule has 2 amide bonds. The van der Waals surface area contributed by atoms with Crippen LogP contribution in [0.2, 0.25) is 0 Å². The molecule has 0 aliphatic rings. The van der Waals surface area contributed by atoms with E-state index in [-0.39, 0.29) is 18.7 Å². The lowest BCUT2D eigenvalue weighted by molar-refractivity contribution is -0.180. The van der Waals surface area contributed by atoms with Crippen LogP contribution in [0.15, 0.2) is 30.3 Å².